The number of aryl methyl sites for hydroxylation is 1. The van der Waals surface area contributed by atoms with Crippen LogP contribution in [-0.4, -0.2) is 16.4 Å². The zero-order valence-corrected chi connectivity index (χ0v) is 13.2. The van der Waals surface area contributed by atoms with Crippen LogP contribution in [0.2, 0.25) is 0 Å². The highest BCUT2D eigenvalue weighted by atomic mass is 16.2. The fourth-order valence-electron chi connectivity index (χ4n) is 2.39. The van der Waals surface area contributed by atoms with Crippen LogP contribution in [0.25, 0.3) is 0 Å². The van der Waals surface area contributed by atoms with Gasteiger partial charge in [-0.3, -0.25) is 9.59 Å². The first-order valence-corrected chi connectivity index (χ1v) is 7.95. The van der Waals surface area contributed by atoms with Gasteiger partial charge < -0.3 is 15.6 Å². The van der Waals surface area contributed by atoms with Crippen LogP contribution >= 0.6 is 0 Å². The van der Waals surface area contributed by atoms with E-state index in [2.05, 4.69) is 5.32 Å². The van der Waals surface area contributed by atoms with E-state index in [4.69, 9.17) is 5.73 Å². The monoisotopic (exact) mass is 313 g/mol. The largest absolute Gasteiger partial charge is 0.370 e. The number of nitrogens with one attached hydrogen (secondary N) is 1. The first kappa shape index (κ1) is 16.8. The number of aromatic nitrogens is 1. The summed E-state index contributed by atoms with van der Waals surface area (Å²) in [6, 6.07) is 11.2. The molecule has 1 heterocycles. The highest BCUT2D eigenvalue weighted by Gasteiger charge is 2.07. The first-order valence-electron chi connectivity index (χ1n) is 7.95. The molecule has 0 bridgehead atoms. The highest BCUT2D eigenvalue weighted by Crippen LogP contribution is 2.10. The lowest BCUT2D eigenvalue weighted by atomic mass is 10.1. The summed E-state index contributed by atoms with van der Waals surface area (Å²) in [5.74, 6) is -0.333. The zero-order valence-electron chi connectivity index (χ0n) is 13.2. The first-order chi connectivity index (χ1) is 11.1. The summed E-state index contributed by atoms with van der Waals surface area (Å²) in [7, 11) is 0. The Morgan fingerprint density at radius 3 is 2.48 bits per heavy atom. The van der Waals surface area contributed by atoms with Crippen molar-refractivity contribution in [3.63, 3.8) is 0 Å². The van der Waals surface area contributed by atoms with Gasteiger partial charge in [-0.1, -0.05) is 31.0 Å². The third-order valence-corrected chi connectivity index (χ3v) is 3.63. The zero-order chi connectivity index (χ0) is 16.5. The predicted molar refractivity (Wildman–Crippen MR) is 91.1 cm³/mol. The molecule has 1 aromatic heterocycles. The number of hydrogen-bond acceptors (Lipinski definition) is 2. The molecule has 5 nitrogen and oxygen atoms in total. The number of carbonyl (C=O) groups is 2. The lowest BCUT2D eigenvalue weighted by Crippen LogP contribution is -2.11. The van der Waals surface area contributed by atoms with E-state index in [0.717, 1.165) is 37.9 Å². The Labute approximate surface area is 136 Å². The number of benzene rings is 1. The van der Waals surface area contributed by atoms with Crippen molar-refractivity contribution >= 4 is 17.5 Å². The van der Waals surface area contributed by atoms with E-state index in [1.807, 2.05) is 53.4 Å². The molecule has 2 aromatic rings. The molecule has 2 amide bonds. The minimum atomic E-state index is -0.232. The minimum Gasteiger partial charge on any atom is -0.370 e. The van der Waals surface area contributed by atoms with E-state index in [1.54, 1.807) is 0 Å². The minimum absolute atomic E-state index is 0.101. The third kappa shape index (κ3) is 5.98. The van der Waals surface area contributed by atoms with Crippen LogP contribution in [0.4, 0.5) is 5.69 Å². The Hall–Kier alpha value is -2.56. The van der Waals surface area contributed by atoms with Crippen molar-refractivity contribution in [3.05, 3.63) is 54.4 Å². The number of nitrogens with zero attached hydrogens (tertiary/aromatic N) is 1. The Morgan fingerprint density at radius 2 is 1.74 bits per heavy atom. The van der Waals surface area contributed by atoms with Crippen LogP contribution in [0.3, 0.4) is 0 Å². The molecule has 5 heteroatoms. The van der Waals surface area contributed by atoms with Crippen molar-refractivity contribution in [1.82, 2.24) is 4.57 Å². The molecule has 2 rings (SSSR count). The van der Waals surface area contributed by atoms with E-state index in [1.165, 1.54) is 0 Å². The van der Waals surface area contributed by atoms with Gasteiger partial charge in [-0.15, -0.1) is 0 Å². The molecule has 0 spiro atoms. The molecule has 0 atom stereocenters. The second-order valence-electron chi connectivity index (χ2n) is 5.59. The van der Waals surface area contributed by atoms with Crippen LogP contribution < -0.4 is 11.1 Å². The van der Waals surface area contributed by atoms with E-state index in [9.17, 15) is 9.59 Å². The molecule has 0 aliphatic heterocycles. The van der Waals surface area contributed by atoms with E-state index >= 15 is 0 Å². The van der Waals surface area contributed by atoms with Gasteiger partial charge in [0.2, 0.25) is 5.91 Å². The van der Waals surface area contributed by atoms with E-state index in [0.29, 0.717) is 12.0 Å². The highest BCUT2D eigenvalue weighted by molar-refractivity contribution is 6.04. The second kappa shape index (κ2) is 8.78. The summed E-state index contributed by atoms with van der Waals surface area (Å²) >= 11 is 0. The smallest absolute Gasteiger partial charge is 0.257 e. The number of primary amides is 1. The molecule has 0 saturated heterocycles. The lowest BCUT2D eigenvalue weighted by molar-refractivity contribution is -0.118. The van der Waals surface area contributed by atoms with Crippen molar-refractivity contribution in [2.24, 2.45) is 5.73 Å². The van der Waals surface area contributed by atoms with Crippen molar-refractivity contribution in [1.29, 1.82) is 0 Å². The number of hydrogen-bond donors (Lipinski definition) is 2. The van der Waals surface area contributed by atoms with Gasteiger partial charge in [-0.25, -0.2) is 0 Å². The molecular weight excluding hydrogens is 290 g/mol. The number of nitrogens with two attached hydrogens (primary N) is 1. The molecular formula is C18H23N3O2. The molecule has 0 aliphatic carbocycles. The van der Waals surface area contributed by atoms with Gasteiger partial charge in [0.1, 0.15) is 0 Å². The van der Waals surface area contributed by atoms with Crippen LogP contribution in [0.5, 0.6) is 0 Å². The molecule has 0 unspecified atom stereocenters. The molecule has 0 saturated carbocycles. The fourth-order valence-corrected chi connectivity index (χ4v) is 2.39. The summed E-state index contributed by atoms with van der Waals surface area (Å²) in [5, 5.41) is 2.87. The van der Waals surface area contributed by atoms with Gasteiger partial charge >= 0.3 is 0 Å². The maximum absolute atomic E-state index is 12.1. The van der Waals surface area contributed by atoms with Gasteiger partial charge in [-0.2, -0.15) is 0 Å². The molecule has 1 aromatic carbocycles. The van der Waals surface area contributed by atoms with Crippen LogP contribution in [0.15, 0.2) is 48.8 Å². The predicted octanol–water partition coefficient (Wildman–Crippen LogP) is 3.18. The summed E-state index contributed by atoms with van der Waals surface area (Å²) in [6.07, 6.45) is 8.18. The molecule has 3 N–H and O–H groups in total. The standard InChI is InChI=1S/C18H23N3O2/c19-17(22)10-6-1-2-7-12-21-13-11-15(14-21)18(23)20-16-8-4-3-5-9-16/h3-5,8-9,11,13-14H,1-2,6-7,10,12H2,(H2,19,22)(H,20,23). The van der Waals surface area contributed by atoms with Crippen molar-refractivity contribution in [3.8, 4) is 0 Å². The number of anilines is 1. The molecule has 0 radical (unpaired) electrons. The van der Waals surface area contributed by atoms with E-state index in [-0.39, 0.29) is 11.8 Å². The number of para-hydroxylation sites is 1. The molecule has 0 fully saturated rings. The lowest BCUT2D eigenvalue weighted by Gasteiger charge is -2.04. The molecule has 23 heavy (non-hydrogen) atoms. The number of rotatable bonds is 9. The van der Waals surface area contributed by atoms with Gasteiger partial charge in [0.25, 0.3) is 5.91 Å². The third-order valence-electron chi connectivity index (χ3n) is 3.63. The quantitative estimate of drug-likeness (QED) is 0.698. The summed E-state index contributed by atoms with van der Waals surface area (Å²) < 4.78 is 2.02. The van der Waals surface area contributed by atoms with Crippen LogP contribution in [-0.2, 0) is 11.3 Å². The molecule has 0 aliphatic rings. The Bertz CT molecular complexity index is 635. The topological polar surface area (TPSA) is 77.1 Å². The Balaban J connectivity index is 1.72. The average Bonchev–Trinajstić information content (AvgIpc) is 3.00. The van der Waals surface area contributed by atoms with Gasteiger partial charge in [-0.05, 0) is 31.0 Å². The van der Waals surface area contributed by atoms with Crippen molar-refractivity contribution in [2.45, 2.75) is 38.6 Å². The SMILES string of the molecule is NC(=O)CCCCCCn1ccc(C(=O)Nc2ccccc2)c1. The van der Waals surface area contributed by atoms with Gasteiger partial charge in [0, 0.05) is 31.0 Å². The fraction of sp³-hybridized carbons (Fsp3) is 0.333. The normalized spacial score (nSPS) is 10.4. The van der Waals surface area contributed by atoms with Gasteiger partial charge in [0.15, 0.2) is 0 Å². The maximum Gasteiger partial charge on any atom is 0.257 e. The van der Waals surface area contributed by atoms with E-state index < -0.39 is 0 Å². The number of carbonyl (C=O) groups excluding carboxylic acids is 2. The molecule has 122 valence electrons. The number of amides is 2. The van der Waals surface area contributed by atoms with Gasteiger partial charge in [0.05, 0.1) is 5.56 Å². The van der Waals surface area contributed by atoms with Crippen LogP contribution in [0.1, 0.15) is 42.5 Å². The Kier molecular flexibility index (Phi) is 6.41. The average molecular weight is 313 g/mol. The van der Waals surface area contributed by atoms with Crippen molar-refractivity contribution in [2.75, 3.05) is 5.32 Å². The van der Waals surface area contributed by atoms with Crippen LogP contribution in [0, 0.1) is 0 Å². The summed E-state index contributed by atoms with van der Waals surface area (Å²) in [5.41, 5.74) is 6.55. The Morgan fingerprint density at radius 1 is 1.00 bits per heavy atom. The number of unbranched alkanes of at least 4 members (excludes halogenated alkanes) is 3. The maximum atomic E-state index is 12.1. The van der Waals surface area contributed by atoms with Crippen molar-refractivity contribution < 1.29 is 9.59 Å². The summed E-state index contributed by atoms with van der Waals surface area (Å²) in [6.45, 7) is 0.870. The summed E-state index contributed by atoms with van der Waals surface area (Å²) in [4.78, 5) is 22.8. The second-order valence-corrected chi connectivity index (χ2v) is 5.59.